The highest BCUT2D eigenvalue weighted by Crippen LogP contribution is 2.28. The zero-order valence-corrected chi connectivity index (χ0v) is 19.9. The maximum atomic E-state index is 11.0. The van der Waals surface area contributed by atoms with Crippen LogP contribution in [0.2, 0.25) is 0 Å². The number of methoxy groups -OCH3 is 1. The van der Waals surface area contributed by atoms with Crippen LogP contribution in [0.15, 0.2) is 30.5 Å². The average Bonchev–Trinajstić information content (AvgIpc) is 2.83. The molecular weight excluding hydrogens is 402 g/mol. The molecule has 0 aliphatic carbocycles. The molecule has 1 aliphatic heterocycles. The van der Waals surface area contributed by atoms with Crippen molar-refractivity contribution < 1.29 is 14.9 Å². The summed E-state index contributed by atoms with van der Waals surface area (Å²) in [6.07, 6.45) is 9.80. The van der Waals surface area contributed by atoms with Gasteiger partial charge in [-0.3, -0.25) is 9.88 Å². The molecule has 0 amide bonds. The second kappa shape index (κ2) is 13.1. The fraction of sp³-hybridized carbons (Fsp3) is 0.654. The van der Waals surface area contributed by atoms with Crippen LogP contribution in [0.25, 0.3) is 10.9 Å². The number of aliphatic hydroxyl groups is 2. The number of likely N-dealkylation sites (tertiary alicyclic amines) is 1. The molecule has 0 saturated carbocycles. The van der Waals surface area contributed by atoms with E-state index in [4.69, 9.17) is 4.74 Å². The highest BCUT2D eigenvalue weighted by Gasteiger charge is 2.26. The first kappa shape index (κ1) is 24.9. The minimum atomic E-state index is -0.559. The summed E-state index contributed by atoms with van der Waals surface area (Å²) in [7, 11) is 1.66. The Morgan fingerprint density at radius 3 is 2.62 bits per heavy atom. The van der Waals surface area contributed by atoms with Crippen LogP contribution in [0.3, 0.4) is 0 Å². The largest absolute Gasteiger partial charge is 0.497 e. The number of fused-ring (bicyclic) bond motifs is 1. The molecule has 1 fully saturated rings. The molecule has 1 aliphatic rings. The maximum Gasteiger partial charge on any atom is 0.119 e. The molecule has 1 saturated heterocycles. The molecule has 3 rings (SSSR count). The number of benzene rings is 1. The predicted molar refractivity (Wildman–Crippen MR) is 130 cm³/mol. The number of hydrogen-bond donors (Lipinski definition) is 2. The van der Waals surface area contributed by atoms with Crippen LogP contribution in [-0.2, 0) is 0 Å². The number of nitrogens with zero attached hydrogens (tertiary/aromatic N) is 3. The van der Waals surface area contributed by atoms with Crippen LogP contribution in [0.5, 0.6) is 5.75 Å². The summed E-state index contributed by atoms with van der Waals surface area (Å²) in [6, 6.07) is 8.25. The lowest BCUT2D eigenvalue weighted by Crippen LogP contribution is -2.47. The highest BCUT2D eigenvalue weighted by atomic mass is 16.5. The van der Waals surface area contributed by atoms with Gasteiger partial charge in [0.15, 0.2) is 0 Å². The maximum absolute atomic E-state index is 11.0. The summed E-state index contributed by atoms with van der Waals surface area (Å²) in [5.41, 5.74) is 1.78. The third-order valence-corrected chi connectivity index (χ3v) is 6.78. The first-order valence-electron chi connectivity index (χ1n) is 12.3. The van der Waals surface area contributed by atoms with Gasteiger partial charge in [0.1, 0.15) is 5.75 Å². The highest BCUT2D eigenvalue weighted by molar-refractivity contribution is 5.83. The van der Waals surface area contributed by atoms with Gasteiger partial charge in [-0.05, 0) is 68.7 Å². The van der Waals surface area contributed by atoms with Gasteiger partial charge in [0, 0.05) is 30.7 Å². The molecule has 0 spiro atoms. The molecular formula is C26H41N3O3. The minimum Gasteiger partial charge on any atom is -0.497 e. The quantitative estimate of drug-likeness (QED) is 0.456. The van der Waals surface area contributed by atoms with Crippen molar-refractivity contribution in [3.8, 4) is 5.75 Å². The Labute approximate surface area is 193 Å². The Balaban J connectivity index is 1.53. The van der Waals surface area contributed by atoms with E-state index in [2.05, 4.69) is 21.7 Å². The Morgan fingerprint density at radius 1 is 1.12 bits per heavy atom. The summed E-state index contributed by atoms with van der Waals surface area (Å²) in [4.78, 5) is 9.28. The van der Waals surface area contributed by atoms with Crippen LogP contribution in [0.1, 0.15) is 63.5 Å². The number of ether oxygens (including phenoxy) is 1. The van der Waals surface area contributed by atoms with Gasteiger partial charge in [0.2, 0.25) is 0 Å². The van der Waals surface area contributed by atoms with Gasteiger partial charge in [-0.2, -0.15) is 0 Å². The van der Waals surface area contributed by atoms with Gasteiger partial charge in [-0.25, -0.2) is 0 Å². The molecule has 2 N–H and O–H groups in total. The Morgan fingerprint density at radius 2 is 1.91 bits per heavy atom. The number of rotatable bonds is 13. The Hall–Kier alpha value is -1.73. The third-order valence-electron chi connectivity index (χ3n) is 6.78. The molecule has 0 unspecified atom stereocenters. The SMILES string of the molecule is CCCCCCCN(CCO)C1CCN(C[C@H](O)c2ccnc3ccc(OC)cc23)CC1. The zero-order valence-electron chi connectivity index (χ0n) is 19.9. The number of aliphatic hydroxyl groups excluding tert-OH is 2. The number of unbranched alkanes of at least 4 members (excludes halogenated alkanes) is 4. The summed E-state index contributed by atoms with van der Waals surface area (Å²) in [5.74, 6) is 0.776. The van der Waals surface area contributed by atoms with Crippen LogP contribution >= 0.6 is 0 Å². The summed E-state index contributed by atoms with van der Waals surface area (Å²) < 4.78 is 5.37. The second-order valence-corrected chi connectivity index (χ2v) is 9.00. The van der Waals surface area contributed by atoms with Crippen molar-refractivity contribution in [1.82, 2.24) is 14.8 Å². The number of β-amino-alcohol motifs (C(OH)–C–C–N with tert-alkyl or cyclic N) is 1. The molecule has 2 aromatic rings. The lowest BCUT2D eigenvalue weighted by atomic mass is 9.99. The van der Waals surface area contributed by atoms with Gasteiger partial charge in [0.25, 0.3) is 0 Å². The lowest BCUT2D eigenvalue weighted by molar-refractivity contribution is 0.0599. The van der Waals surface area contributed by atoms with Gasteiger partial charge in [-0.15, -0.1) is 0 Å². The van der Waals surface area contributed by atoms with Crippen molar-refractivity contribution in [3.63, 3.8) is 0 Å². The van der Waals surface area contributed by atoms with Gasteiger partial charge in [-0.1, -0.05) is 32.6 Å². The van der Waals surface area contributed by atoms with Gasteiger partial charge < -0.3 is 19.8 Å². The smallest absolute Gasteiger partial charge is 0.119 e. The van der Waals surface area contributed by atoms with Crippen LogP contribution in [0, 0.1) is 0 Å². The van der Waals surface area contributed by atoms with E-state index in [1.807, 2.05) is 24.3 Å². The molecule has 1 atom stereocenters. The van der Waals surface area contributed by atoms with Crippen LogP contribution in [0.4, 0.5) is 0 Å². The van der Waals surface area contributed by atoms with Gasteiger partial charge >= 0.3 is 0 Å². The molecule has 1 aromatic heterocycles. The van der Waals surface area contributed by atoms with E-state index < -0.39 is 6.10 Å². The first-order valence-corrected chi connectivity index (χ1v) is 12.3. The molecule has 6 nitrogen and oxygen atoms in total. The first-order chi connectivity index (χ1) is 15.7. The van der Waals surface area contributed by atoms with E-state index in [0.717, 1.165) is 61.2 Å². The topological polar surface area (TPSA) is 69.1 Å². The Kier molecular flexibility index (Phi) is 10.2. The van der Waals surface area contributed by atoms with Gasteiger partial charge in [0.05, 0.1) is 25.3 Å². The molecule has 1 aromatic carbocycles. The fourth-order valence-corrected chi connectivity index (χ4v) is 4.90. The van der Waals surface area contributed by atoms with Crippen LogP contribution in [-0.4, -0.2) is 77.5 Å². The molecule has 6 heteroatoms. The van der Waals surface area contributed by atoms with E-state index in [9.17, 15) is 10.2 Å². The van der Waals surface area contributed by atoms with Crippen LogP contribution < -0.4 is 4.74 Å². The van der Waals surface area contributed by atoms with E-state index >= 15 is 0 Å². The minimum absolute atomic E-state index is 0.229. The number of pyridine rings is 1. The monoisotopic (exact) mass is 443 g/mol. The molecule has 0 radical (unpaired) electrons. The van der Waals surface area contributed by atoms with Crippen molar-refractivity contribution in [2.75, 3.05) is 46.4 Å². The summed E-state index contributed by atoms with van der Waals surface area (Å²) in [5, 5.41) is 21.5. The molecule has 32 heavy (non-hydrogen) atoms. The number of aromatic nitrogens is 1. The lowest BCUT2D eigenvalue weighted by Gasteiger charge is -2.39. The van der Waals surface area contributed by atoms with E-state index in [-0.39, 0.29) is 6.61 Å². The summed E-state index contributed by atoms with van der Waals surface area (Å²) in [6.45, 7) is 6.91. The van der Waals surface area contributed by atoms with E-state index in [1.165, 1.54) is 32.1 Å². The normalized spacial score (nSPS) is 16.7. The third kappa shape index (κ3) is 6.88. The van der Waals surface area contributed by atoms with Crippen molar-refractivity contribution in [1.29, 1.82) is 0 Å². The van der Waals surface area contributed by atoms with E-state index in [1.54, 1.807) is 13.3 Å². The van der Waals surface area contributed by atoms with Crippen molar-refractivity contribution in [2.24, 2.45) is 0 Å². The van der Waals surface area contributed by atoms with E-state index in [0.29, 0.717) is 12.6 Å². The zero-order chi connectivity index (χ0) is 22.8. The average molecular weight is 444 g/mol. The number of hydrogen-bond acceptors (Lipinski definition) is 6. The van der Waals surface area contributed by atoms with Crippen molar-refractivity contribution >= 4 is 10.9 Å². The Bertz CT molecular complexity index is 808. The predicted octanol–water partition coefficient (Wildman–Crippen LogP) is 4.01. The molecule has 2 heterocycles. The van der Waals surface area contributed by atoms with Crippen molar-refractivity contribution in [2.45, 2.75) is 64.0 Å². The number of piperidine rings is 1. The molecule has 178 valence electrons. The fourth-order valence-electron chi connectivity index (χ4n) is 4.90. The van der Waals surface area contributed by atoms with Crippen molar-refractivity contribution in [3.05, 3.63) is 36.0 Å². The summed E-state index contributed by atoms with van der Waals surface area (Å²) >= 11 is 0. The molecule has 0 bridgehead atoms. The standard InChI is InChI=1S/C26H41N3O3/c1-3-4-5-6-7-14-29(17-18-30)21-11-15-28(16-12-21)20-26(31)23-10-13-27-25-9-8-22(32-2)19-24(23)25/h8-10,13,19,21,26,30-31H,3-7,11-12,14-18,20H2,1-2H3/t26-/m0/s1. The second-order valence-electron chi connectivity index (χ2n) is 9.00.